The number of nitrogens with zero attached hydrogens (tertiary/aromatic N) is 3. The van der Waals surface area contributed by atoms with E-state index in [2.05, 4.69) is 0 Å². The zero-order valence-electron chi connectivity index (χ0n) is 22.3. The standard InChI is InChI=1S/C35H23N3O4/c39-33-31-30-23-13-3-5-15-25(23)35(26-16-6-4-14-24(26)30,20-36-27-17-7-8-18-29(27)38(41)42)32(31)34(40)37(33)28-19-9-11-21-10-1-2-12-22(21)28/h1-20,30-32H/t30?,31-,32-,35?/m1/s1. The summed E-state index contributed by atoms with van der Waals surface area (Å²) in [6, 6.07) is 35.5. The number of aliphatic imine (C=N–C) groups is 1. The Bertz CT molecular complexity index is 1960. The number of nitro benzene ring substituents is 1. The molecule has 2 atom stereocenters. The molecule has 42 heavy (non-hydrogen) atoms. The van der Waals surface area contributed by atoms with Crippen molar-refractivity contribution in [2.75, 3.05) is 4.90 Å². The molecule has 1 saturated heterocycles. The number of benzene rings is 5. The summed E-state index contributed by atoms with van der Waals surface area (Å²) in [5.74, 6) is -2.26. The van der Waals surface area contributed by atoms with Gasteiger partial charge in [0.2, 0.25) is 11.8 Å². The number of carbonyl (C=O) groups is 2. The highest BCUT2D eigenvalue weighted by atomic mass is 16.6. The van der Waals surface area contributed by atoms with E-state index in [-0.39, 0.29) is 29.1 Å². The molecule has 7 heteroatoms. The van der Waals surface area contributed by atoms with Gasteiger partial charge in [-0.2, -0.15) is 0 Å². The van der Waals surface area contributed by atoms with Crippen molar-refractivity contribution in [3.63, 3.8) is 0 Å². The van der Waals surface area contributed by atoms with E-state index in [0.29, 0.717) is 5.69 Å². The Hall–Kier alpha value is -5.43. The fourth-order valence-electron chi connectivity index (χ4n) is 7.59. The minimum atomic E-state index is -1.11. The number of amides is 2. The molecular weight excluding hydrogens is 526 g/mol. The Labute approximate surface area is 240 Å². The zero-order valence-corrected chi connectivity index (χ0v) is 22.3. The second-order valence-corrected chi connectivity index (χ2v) is 11.0. The van der Waals surface area contributed by atoms with Crippen LogP contribution in [0.2, 0.25) is 0 Å². The van der Waals surface area contributed by atoms with Crippen molar-refractivity contribution in [3.8, 4) is 0 Å². The Balaban J connectivity index is 1.41. The quantitative estimate of drug-likeness (QED) is 0.108. The number of imide groups is 1. The number of hydrogen-bond donors (Lipinski definition) is 0. The molecule has 202 valence electrons. The molecule has 1 fully saturated rings. The van der Waals surface area contributed by atoms with Gasteiger partial charge >= 0.3 is 0 Å². The highest BCUT2D eigenvalue weighted by molar-refractivity contribution is 6.27. The third-order valence-corrected chi connectivity index (χ3v) is 9.18. The molecule has 7 nitrogen and oxygen atoms in total. The largest absolute Gasteiger partial charge is 0.294 e. The van der Waals surface area contributed by atoms with E-state index in [1.165, 1.54) is 11.0 Å². The Kier molecular flexibility index (Phi) is 5.10. The van der Waals surface area contributed by atoms with E-state index in [1.54, 1.807) is 24.4 Å². The van der Waals surface area contributed by atoms with Gasteiger partial charge in [0.1, 0.15) is 5.69 Å². The van der Waals surface area contributed by atoms with Crippen molar-refractivity contribution in [1.82, 2.24) is 0 Å². The average molecular weight is 550 g/mol. The SMILES string of the molecule is O=C1[C@@H]2C3c4ccccc4C(C=Nc4ccccc4[N+](=O)[O-])(c4ccccc43)[C@H]2C(=O)N1c1cccc2ccccc12. The lowest BCUT2D eigenvalue weighted by Crippen LogP contribution is -2.54. The molecule has 1 aliphatic heterocycles. The van der Waals surface area contributed by atoms with Crippen LogP contribution >= 0.6 is 0 Å². The third-order valence-electron chi connectivity index (χ3n) is 9.18. The lowest BCUT2D eigenvalue weighted by atomic mass is 9.47. The molecule has 9 rings (SSSR count). The number of anilines is 1. The molecule has 4 aliphatic rings. The first-order valence-electron chi connectivity index (χ1n) is 13.9. The van der Waals surface area contributed by atoms with Gasteiger partial charge in [-0.25, -0.2) is 4.90 Å². The molecule has 0 N–H and O–H groups in total. The topological polar surface area (TPSA) is 92.9 Å². The first-order valence-corrected chi connectivity index (χ1v) is 13.9. The monoisotopic (exact) mass is 549 g/mol. The lowest BCUT2D eigenvalue weighted by molar-refractivity contribution is -0.384. The van der Waals surface area contributed by atoms with Crippen LogP contribution in [0.25, 0.3) is 10.8 Å². The first-order chi connectivity index (χ1) is 20.5. The van der Waals surface area contributed by atoms with Gasteiger partial charge in [0.25, 0.3) is 5.69 Å². The van der Waals surface area contributed by atoms with Crippen molar-refractivity contribution in [1.29, 1.82) is 0 Å². The summed E-state index contributed by atoms with van der Waals surface area (Å²) in [6.45, 7) is 0. The third kappa shape index (κ3) is 3.07. The maximum Gasteiger partial charge on any atom is 0.294 e. The van der Waals surface area contributed by atoms with Crippen LogP contribution in [-0.2, 0) is 15.0 Å². The molecule has 3 aliphatic carbocycles. The van der Waals surface area contributed by atoms with E-state index >= 15 is 0 Å². The number of fused-ring (bicyclic) bond motifs is 1. The molecule has 2 bridgehead atoms. The normalized spacial score (nSPS) is 23.7. The Morgan fingerprint density at radius 2 is 1.36 bits per heavy atom. The predicted molar refractivity (Wildman–Crippen MR) is 160 cm³/mol. The first kappa shape index (κ1) is 24.4. The van der Waals surface area contributed by atoms with Gasteiger partial charge in [-0.05, 0) is 39.8 Å². The minimum absolute atomic E-state index is 0.126. The fraction of sp³-hybridized carbons (Fsp3) is 0.114. The van der Waals surface area contributed by atoms with Crippen molar-refractivity contribution in [2.45, 2.75) is 11.3 Å². The fourth-order valence-corrected chi connectivity index (χ4v) is 7.59. The van der Waals surface area contributed by atoms with Crippen molar-refractivity contribution >= 4 is 45.9 Å². The van der Waals surface area contributed by atoms with Gasteiger partial charge in [0, 0.05) is 23.6 Å². The highest BCUT2D eigenvalue weighted by Crippen LogP contribution is 2.64. The van der Waals surface area contributed by atoms with Gasteiger partial charge in [0.05, 0.1) is 27.9 Å². The van der Waals surface area contributed by atoms with Gasteiger partial charge in [-0.15, -0.1) is 0 Å². The van der Waals surface area contributed by atoms with E-state index in [4.69, 9.17) is 4.99 Å². The molecule has 0 saturated carbocycles. The van der Waals surface area contributed by atoms with Crippen LogP contribution < -0.4 is 4.90 Å². The summed E-state index contributed by atoms with van der Waals surface area (Å²) in [5.41, 5.74) is 3.28. The predicted octanol–water partition coefficient (Wildman–Crippen LogP) is 6.70. The Morgan fingerprint density at radius 3 is 2.10 bits per heavy atom. The van der Waals surface area contributed by atoms with Crippen molar-refractivity contribution < 1.29 is 14.5 Å². The van der Waals surface area contributed by atoms with Crippen LogP contribution in [0.5, 0.6) is 0 Å². The van der Waals surface area contributed by atoms with Crippen LogP contribution in [0.4, 0.5) is 17.1 Å². The molecule has 5 aromatic carbocycles. The number of carbonyl (C=O) groups excluding carboxylic acids is 2. The molecule has 0 unspecified atom stereocenters. The van der Waals surface area contributed by atoms with Crippen LogP contribution in [0, 0.1) is 22.0 Å². The van der Waals surface area contributed by atoms with E-state index in [0.717, 1.165) is 33.0 Å². The van der Waals surface area contributed by atoms with Gasteiger partial charge in [-0.3, -0.25) is 24.7 Å². The summed E-state index contributed by atoms with van der Waals surface area (Å²) in [5, 5.41) is 13.6. The number of para-hydroxylation sites is 2. The molecule has 2 amide bonds. The van der Waals surface area contributed by atoms with E-state index in [9.17, 15) is 19.7 Å². The minimum Gasteiger partial charge on any atom is -0.274 e. The maximum absolute atomic E-state index is 14.7. The molecule has 0 aromatic heterocycles. The molecule has 0 radical (unpaired) electrons. The smallest absolute Gasteiger partial charge is 0.274 e. The van der Waals surface area contributed by atoms with Crippen LogP contribution in [0.15, 0.2) is 120 Å². The van der Waals surface area contributed by atoms with Crippen molar-refractivity contribution in [2.24, 2.45) is 16.8 Å². The Morgan fingerprint density at radius 1 is 0.738 bits per heavy atom. The highest BCUT2D eigenvalue weighted by Gasteiger charge is 2.68. The molecular formula is C35H23N3O4. The zero-order chi connectivity index (χ0) is 28.6. The maximum atomic E-state index is 14.7. The number of rotatable bonds is 4. The summed E-state index contributed by atoms with van der Waals surface area (Å²) in [7, 11) is 0. The van der Waals surface area contributed by atoms with Crippen LogP contribution in [0.3, 0.4) is 0 Å². The summed E-state index contributed by atoms with van der Waals surface area (Å²) >= 11 is 0. The second kappa shape index (κ2) is 8.78. The van der Waals surface area contributed by atoms with Crippen LogP contribution in [0.1, 0.15) is 28.2 Å². The van der Waals surface area contributed by atoms with Gasteiger partial charge in [0.15, 0.2) is 0 Å². The average Bonchev–Trinajstić information content (AvgIpc) is 3.30. The second-order valence-electron chi connectivity index (χ2n) is 11.0. The van der Waals surface area contributed by atoms with Crippen LogP contribution in [-0.4, -0.2) is 23.0 Å². The van der Waals surface area contributed by atoms with E-state index < -0.39 is 22.2 Å². The summed E-state index contributed by atoms with van der Waals surface area (Å²) in [4.78, 5) is 46.8. The summed E-state index contributed by atoms with van der Waals surface area (Å²) < 4.78 is 0. The van der Waals surface area contributed by atoms with Gasteiger partial charge < -0.3 is 0 Å². The molecule has 0 spiro atoms. The number of nitro groups is 1. The summed E-state index contributed by atoms with van der Waals surface area (Å²) in [6.07, 6.45) is 1.69. The van der Waals surface area contributed by atoms with Gasteiger partial charge in [-0.1, -0.05) is 97.1 Å². The van der Waals surface area contributed by atoms with E-state index in [1.807, 2.05) is 91.0 Å². The lowest BCUT2D eigenvalue weighted by Gasteiger charge is -2.52. The number of hydrogen-bond acceptors (Lipinski definition) is 5. The molecule has 1 heterocycles. The molecule has 5 aromatic rings. The van der Waals surface area contributed by atoms with Crippen molar-refractivity contribution in [3.05, 3.63) is 148 Å².